The molecule has 0 saturated heterocycles. The van der Waals surface area contributed by atoms with Gasteiger partial charge in [-0.05, 0) is 12.1 Å². The fourth-order valence-corrected chi connectivity index (χ4v) is 3.86. The second-order valence-corrected chi connectivity index (χ2v) is 6.22. The molecule has 0 amide bonds. The molecule has 0 N–H and O–H groups in total. The van der Waals surface area contributed by atoms with Gasteiger partial charge in [-0.3, -0.25) is 0 Å². The lowest BCUT2D eigenvalue weighted by Gasteiger charge is -2.17. The highest BCUT2D eigenvalue weighted by Gasteiger charge is 2.23. The SMILES string of the molecule is C=CCN(CC)S(=O)(=O)c1ccc(C#N)s1. The molecule has 0 aliphatic carbocycles. The van der Waals surface area contributed by atoms with E-state index in [2.05, 4.69) is 6.58 Å². The average Bonchev–Trinajstić information content (AvgIpc) is 2.74. The maximum absolute atomic E-state index is 12.1. The largest absolute Gasteiger partial charge is 0.252 e. The van der Waals surface area contributed by atoms with Gasteiger partial charge >= 0.3 is 0 Å². The van der Waals surface area contributed by atoms with Gasteiger partial charge in [0.25, 0.3) is 10.0 Å². The molecule has 0 saturated carbocycles. The quantitative estimate of drug-likeness (QED) is 0.755. The molecule has 6 heteroatoms. The lowest BCUT2D eigenvalue weighted by molar-refractivity contribution is 0.461. The summed E-state index contributed by atoms with van der Waals surface area (Å²) in [4.78, 5) is 0.397. The van der Waals surface area contributed by atoms with Crippen molar-refractivity contribution in [3.05, 3.63) is 29.7 Å². The molecule has 0 aromatic carbocycles. The van der Waals surface area contributed by atoms with E-state index in [1.54, 1.807) is 13.0 Å². The molecule has 0 unspecified atom stereocenters. The minimum Gasteiger partial charge on any atom is -0.206 e. The van der Waals surface area contributed by atoms with E-state index in [1.807, 2.05) is 6.07 Å². The van der Waals surface area contributed by atoms with Gasteiger partial charge in [0.2, 0.25) is 0 Å². The molecule has 86 valence electrons. The molecule has 1 heterocycles. The standard InChI is InChI=1S/C10H12N2O2S2/c1-3-7-12(4-2)16(13,14)10-6-5-9(8-11)15-10/h3,5-6H,1,4,7H2,2H3. The highest BCUT2D eigenvalue weighted by atomic mass is 32.2. The van der Waals surface area contributed by atoms with Gasteiger partial charge < -0.3 is 0 Å². The fourth-order valence-electron chi connectivity index (χ4n) is 1.19. The zero-order chi connectivity index (χ0) is 12.2. The summed E-state index contributed by atoms with van der Waals surface area (Å²) in [6.07, 6.45) is 1.54. The van der Waals surface area contributed by atoms with Crippen LogP contribution in [0.3, 0.4) is 0 Å². The van der Waals surface area contributed by atoms with Crippen molar-refractivity contribution in [2.75, 3.05) is 13.1 Å². The first-order valence-corrected chi connectivity index (χ1v) is 6.93. The Kier molecular flexibility index (Phi) is 4.24. The maximum atomic E-state index is 12.1. The first-order valence-electron chi connectivity index (χ1n) is 4.67. The first-order chi connectivity index (χ1) is 7.56. The number of thiophene rings is 1. The second-order valence-electron chi connectivity index (χ2n) is 2.97. The number of likely N-dealkylation sites (N-methyl/N-ethyl adjacent to an activating group) is 1. The fraction of sp³-hybridized carbons (Fsp3) is 0.300. The Hall–Kier alpha value is -1.16. The van der Waals surface area contributed by atoms with Gasteiger partial charge in [0.05, 0.1) is 0 Å². The summed E-state index contributed by atoms with van der Waals surface area (Å²) < 4.78 is 25.6. The summed E-state index contributed by atoms with van der Waals surface area (Å²) in [5, 5.41) is 8.65. The molecule has 0 aliphatic heterocycles. The van der Waals surface area contributed by atoms with Crippen molar-refractivity contribution in [1.82, 2.24) is 4.31 Å². The molecule has 16 heavy (non-hydrogen) atoms. The molecule has 0 bridgehead atoms. The Bertz CT molecular complexity index is 511. The zero-order valence-corrected chi connectivity index (χ0v) is 10.5. The molecule has 0 aliphatic rings. The van der Waals surface area contributed by atoms with E-state index in [-0.39, 0.29) is 10.8 Å². The van der Waals surface area contributed by atoms with Crippen LogP contribution < -0.4 is 0 Å². The normalized spacial score (nSPS) is 11.3. The Balaban J connectivity index is 3.10. The van der Waals surface area contributed by atoms with Crippen molar-refractivity contribution < 1.29 is 8.42 Å². The number of nitrogens with zero attached hydrogens (tertiary/aromatic N) is 2. The van der Waals surface area contributed by atoms with Crippen molar-refractivity contribution in [1.29, 1.82) is 5.26 Å². The maximum Gasteiger partial charge on any atom is 0.252 e. The Morgan fingerprint density at radius 1 is 1.62 bits per heavy atom. The summed E-state index contributed by atoms with van der Waals surface area (Å²) in [7, 11) is -3.47. The van der Waals surface area contributed by atoms with Crippen molar-refractivity contribution in [3.63, 3.8) is 0 Å². The molecule has 0 radical (unpaired) electrons. The van der Waals surface area contributed by atoms with Crippen LogP contribution in [0, 0.1) is 11.3 Å². The number of sulfonamides is 1. The van der Waals surface area contributed by atoms with E-state index < -0.39 is 10.0 Å². The van der Waals surface area contributed by atoms with Crippen LogP contribution in [-0.2, 0) is 10.0 Å². The lowest BCUT2D eigenvalue weighted by atomic mass is 10.5. The van der Waals surface area contributed by atoms with Crippen molar-refractivity contribution in [2.24, 2.45) is 0 Å². The van der Waals surface area contributed by atoms with Gasteiger partial charge in [-0.1, -0.05) is 13.0 Å². The summed E-state index contributed by atoms with van der Waals surface area (Å²) in [5.74, 6) is 0. The molecule has 0 atom stereocenters. The van der Waals surface area contributed by atoms with Crippen LogP contribution in [0.4, 0.5) is 0 Å². The smallest absolute Gasteiger partial charge is 0.206 e. The van der Waals surface area contributed by atoms with Gasteiger partial charge in [-0.25, -0.2) is 8.42 Å². The number of hydrogen-bond donors (Lipinski definition) is 0. The van der Waals surface area contributed by atoms with Crippen LogP contribution in [0.25, 0.3) is 0 Å². The van der Waals surface area contributed by atoms with Crippen molar-refractivity contribution in [2.45, 2.75) is 11.1 Å². The van der Waals surface area contributed by atoms with Crippen LogP contribution in [-0.4, -0.2) is 25.8 Å². The molecule has 0 fully saturated rings. The molecule has 1 rings (SSSR count). The lowest BCUT2D eigenvalue weighted by Crippen LogP contribution is -2.30. The van der Waals surface area contributed by atoms with E-state index in [0.29, 0.717) is 11.4 Å². The Morgan fingerprint density at radius 3 is 2.75 bits per heavy atom. The van der Waals surface area contributed by atoms with Crippen LogP contribution in [0.2, 0.25) is 0 Å². The Morgan fingerprint density at radius 2 is 2.31 bits per heavy atom. The third kappa shape index (κ3) is 2.50. The molecular formula is C10H12N2O2S2. The summed E-state index contributed by atoms with van der Waals surface area (Å²) in [6.45, 7) is 5.95. The summed E-state index contributed by atoms with van der Waals surface area (Å²) >= 11 is 0.984. The third-order valence-corrected chi connectivity index (χ3v) is 5.37. The Labute approximate surface area is 99.5 Å². The van der Waals surface area contributed by atoms with Gasteiger partial charge in [0, 0.05) is 13.1 Å². The van der Waals surface area contributed by atoms with Gasteiger partial charge in [-0.2, -0.15) is 9.57 Å². The van der Waals surface area contributed by atoms with Crippen LogP contribution >= 0.6 is 11.3 Å². The predicted molar refractivity (Wildman–Crippen MR) is 63.7 cm³/mol. The molecule has 0 spiro atoms. The van der Waals surface area contributed by atoms with Gasteiger partial charge in [0.1, 0.15) is 15.2 Å². The van der Waals surface area contributed by atoms with Crippen LogP contribution in [0.5, 0.6) is 0 Å². The van der Waals surface area contributed by atoms with Crippen LogP contribution in [0.1, 0.15) is 11.8 Å². The zero-order valence-electron chi connectivity index (χ0n) is 8.88. The second kappa shape index (κ2) is 5.25. The van der Waals surface area contributed by atoms with E-state index in [9.17, 15) is 8.42 Å². The molecule has 1 aromatic heterocycles. The highest BCUT2D eigenvalue weighted by Crippen LogP contribution is 2.24. The van der Waals surface area contributed by atoms with E-state index in [4.69, 9.17) is 5.26 Å². The minimum atomic E-state index is -3.47. The molecule has 4 nitrogen and oxygen atoms in total. The first kappa shape index (κ1) is 12.9. The predicted octanol–water partition coefficient (Wildman–Crippen LogP) is 1.82. The van der Waals surface area contributed by atoms with E-state index in [1.165, 1.54) is 16.4 Å². The topological polar surface area (TPSA) is 61.2 Å². The van der Waals surface area contributed by atoms with E-state index in [0.717, 1.165) is 11.3 Å². The van der Waals surface area contributed by atoms with Crippen molar-refractivity contribution in [3.8, 4) is 6.07 Å². The number of nitriles is 1. The number of hydrogen-bond acceptors (Lipinski definition) is 4. The highest BCUT2D eigenvalue weighted by molar-refractivity contribution is 7.91. The molecular weight excluding hydrogens is 244 g/mol. The molecule has 1 aromatic rings. The number of rotatable bonds is 5. The van der Waals surface area contributed by atoms with Gasteiger partial charge in [-0.15, -0.1) is 17.9 Å². The third-order valence-electron chi connectivity index (χ3n) is 1.97. The van der Waals surface area contributed by atoms with Crippen LogP contribution in [0.15, 0.2) is 29.0 Å². The average molecular weight is 256 g/mol. The van der Waals surface area contributed by atoms with Crippen molar-refractivity contribution >= 4 is 21.4 Å². The summed E-state index contributed by atoms with van der Waals surface area (Å²) in [5.41, 5.74) is 0. The summed E-state index contributed by atoms with van der Waals surface area (Å²) in [6, 6.07) is 4.90. The van der Waals surface area contributed by atoms with Gasteiger partial charge in [0.15, 0.2) is 0 Å². The monoisotopic (exact) mass is 256 g/mol. The van der Waals surface area contributed by atoms with E-state index >= 15 is 0 Å². The minimum absolute atomic E-state index is 0.202.